The van der Waals surface area contributed by atoms with E-state index in [4.69, 9.17) is 10.7 Å². The fraction of sp³-hybridized carbons (Fsp3) is 0.227. The first-order valence-corrected chi connectivity index (χ1v) is 8.90. The number of hydrogen-bond acceptors (Lipinski definition) is 3. The van der Waals surface area contributed by atoms with Crippen molar-refractivity contribution in [2.24, 2.45) is 16.1 Å². The summed E-state index contributed by atoms with van der Waals surface area (Å²) in [5.74, 6) is 0.0653. The maximum atomic E-state index is 10.8. The molecule has 3 N–H and O–H groups in total. The van der Waals surface area contributed by atoms with Crippen molar-refractivity contribution in [1.82, 2.24) is 10.3 Å². The lowest BCUT2D eigenvalue weighted by Crippen LogP contribution is -2.29. The minimum absolute atomic E-state index is 0.0186. The van der Waals surface area contributed by atoms with E-state index in [2.05, 4.69) is 31.1 Å². The zero-order chi connectivity index (χ0) is 19.4. The van der Waals surface area contributed by atoms with Gasteiger partial charge in [-0.3, -0.25) is 10.1 Å². The third kappa shape index (κ3) is 4.31. The first-order chi connectivity index (χ1) is 12.9. The highest BCUT2D eigenvalue weighted by molar-refractivity contribution is 5.99. The van der Waals surface area contributed by atoms with E-state index in [-0.39, 0.29) is 11.4 Å². The Kier molecular flexibility index (Phi) is 5.21. The lowest BCUT2D eigenvalue weighted by atomic mass is 9.85. The van der Waals surface area contributed by atoms with Crippen LogP contribution in [0.25, 0.3) is 22.2 Å². The van der Waals surface area contributed by atoms with Crippen LogP contribution >= 0.6 is 0 Å². The molecule has 0 unspecified atom stereocenters. The van der Waals surface area contributed by atoms with Crippen LogP contribution in [0.4, 0.5) is 5.69 Å². The first kappa shape index (κ1) is 18.6. The predicted molar refractivity (Wildman–Crippen MR) is 111 cm³/mol. The second kappa shape index (κ2) is 7.58. The van der Waals surface area contributed by atoms with Gasteiger partial charge in [0.25, 0.3) is 0 Å². The molecule has 2 aromatic carbocycles. The van der Waals surface area contributed by atoms with Gasteiger partial charge in [-0.25, -0.2) is 9.98 Å². The highest BCUT2D eigenvalue weighted by Gasteiger charge is 2.22. The SMILES string of the molecule is CC(C)(C)Cc1c(-c2ccccc2)nc2ccccc2c1N=C(N)NC=O. The number of carbonyl (C=O) groups excluding carboxylic acids is 1. The molecule has 3 aromatic rings. The summed E-state index contributed by atoms with van der Waals surface area (Å²) >= 11 is 0. The van der Waals surface area contributed by atoms with Crippen LogP contribution in [0.5, 0.6) is 0 Å². The molecular formula is C22H24N4O. The van der Waals surface area contributed by atoms with Crippen molar-refractivity contribution in [1.29, 1.82) is 0 Å². The van der Waals surface area contributed by atoms with E-state index >= 15 is 0 Å². The van der Waals surface area contributed by atoms with E-state index in [1.807, 2.05) is 54.6 Å². The Bertz CT molecular complexity index is 988. The standard InChI is InChI=1S/C22H24N4O/c1-22(2,3)13-17-19(15-9-5-4-6-10-15)25-18-12-8-7-11-16(18)20(17)26-21(23)24-14-27/h4-12,14H,13H2,1-3H3,(H3,23,24,25,26,27). The van der Waals surface area contributed by atoms with Crippen LogP contribution in [0, 0.1) is 5.41 Å². The van der Waals surface area contributed by atoms with Crippen LogP contribution in [-0.2, 0) is 11.2 Å². The van der Waals surface area contributed by atoms with Crippen molar-refractivity contribution in [3.63, 3.8) is 0 Å². The number of nitrogens with zero attached hydrogens (tertiary/aromatic N) is 2. The zero-order valence-corrected chi connectivity index (χ0v) is 15.9. The number of para-hydroxylation sites is 1. The van der Waals surface area contributed by atoms with E-state index in [9.17, 15) is 4.79 Å². The molecule has 0 aliphatic carbocycles. The van der Waals surface area contributed by atoms with Gasteiger partial charge in [-0.15, -0.1) is 0 Å². The van der Waals surface area contributed by atoms with Crippen molar-refractivity contribution < 1.29 is 4.79 Å². The zero-order valence-electron chi connectivity index (χ0n) is 15.9. The summed E-state index contributed by atoms with van der Waals surface area (Å²) in [6, 6.07) is 17.9. The second-order valence-electron chi connectivity index (χ2n) is 7.67. The van der Waals surface area contributed by atoms with Gasteiger partial charge in [0.1, 0.15) is 0 Å². The van der Waals surface area contributed by atoms with Crippen LogP contribution in [0.3, 0.4) is 0 Å². The summed E-state index contributed by atoms with van der Waals surface area (Å²) in [5.41, 5.74) is 10.5. The molecule has 1 aromatic heterocycles. The molecule has 0 radical (unpaired) electrons. The van der Waals surface area contributed by atoms with E-state index in [1.165, 1.54) is 0 Å². The number of fused-ring (bicyclic) bond motifs is 1. The quantitative estimate of drug-likeness (QED) is 0.416. The molecule has 0 fully saturated rings. The summed E-state index contributed by atoms with van der Waals surface area (Å²) in [4.78, 5) is 20.3. The number of guanidine groups is 1. The van der Waals surface area contributed by atoms with E-state index in [0.29, 0.717) is 6.41 Å². The molecule has 3 rings (SSSR count). The molecule has 0 saturated heterocycles. The maximum absolute atomic E-state index is 10.8. The first-order valence-electron chi connectivity index (χ1n) is 8.90. The molecule has 27 heavy (non-hydrogen) atoms. The number of nitrogens with two attached hydrogens (primary N) is 1. The molecule has 5 nitrogen and oxygen atoms in total. The van der Waals surface area contributed by atoms with Crippen LogP contribution < -0.4 is 11.1 Å². The Morgan fingerprint density at radius 2 is 1.78 bits per heavy atom. The van der Waals surface area contributed by atoms with E-state index in [0.717, 1.165) is 39.8 Å². The molecule has 0 aliphatic heterocycles. The smallest absolute Gasteiger partial charge is 0.213 e. The number of nitrogens with one attached hydrogen (secondary N) is 1. The van der Waals surface area contributed by atoms with E-state index < -0.39 is 0 Å². The van der Waals surface area contributed by atoms with Gasteiger partial charge < -0.3 is 5.73 Å². The number of benzene rings is 2. The molecule has 0 spiro atoms. The fourth-order valence-corrected chi connectivity index (χ4v) is 3.11. The molecule has 0 bridgehead atoms. The summed E-state index contributed by atoms with van der Waals surface area (Å²) in [5, 5.41) is 3.34. The third-order valence-electron chi connectivity index (χ3n) is 4.16. The molecule has 138 valence electrons. The maximum Gasteiger partial charge on any atom is 0.213 e. The second-order valence-corrected chi connectivity index (χ2v) is 7.67. The number of rotatable bonds is 4. The van der Waals surface area contributed by atoms with Gasteiger partial charge in [0.05, 0.1) is 16.9 Å². The highest BCUT2D eigenvalue weighted by Crippen LogP contribution is 2.39. The lowest BCUT2D eigenvalue weighted by molar-refractivity contribution is -0.108. The average Bonchev–Trinajstić information content (AvgIpc) is 2.63. The topological polar surface area (TPSA) is 80.4 Å². The lowest BCUT2D eigenvalue weighted by Gasteiger charge is -2.23. The summed E-state index contributed by atoms with van der Waals surface area (Å²) < 4.78 is 0. The average molecular weight is 360 g/mol. The van der Waals surface area contributed by atoms with Crippen LogP contribution in [0.1, 0.15) is 26.3 Å². The van der Waals surface area contributed by atoms with E-state index in [1.54, 1.807) is 0 Å². The molecule has 5 heteroatoms. The summed E-state index contributed by atoms with van der Waals surface area (Å²) in [6.45, 7) is 6.53. The Hall–Kier alpha value is -3.21. The largest absolute Gasteiger partial charge is 0.369 e. The number of pyridine rings is 1. The molecule has 0 saturated carbocycles. The third-order valence-corrected chi connectivity index (χ3v) is 4.16. The number of aliphatic imine (C=N–C) groups is 1. The normalized spacial score (nSPS) is 12.2. The Morgan fingerprint density at radius 1 is 1.11 bits per heavy atom. The molecule has 1 heterocycles. The van der Waals surface area contributed by atoms with Gasteiger partial charge in [-0.1, -0.05) is 69.3 Å². The Labute approximate surface area is 159 Å². The van der Waals surface area contributed by atoms with Crippen LogP contribution in [0.2, 0.25) is 0 Å². The number of amides is 1. The van der Waals surface area contributed by atoms with Crippen LogP contribution in [-0.4, -0.2) is 17.4 Å². The Balaban J connectivity index is 2.38. The molecule has 1 amide bonds. The van der Waals surface area contributed by atoms with Crippen molar-refractivity contribution in [3.8, 4) is 11.3 Å². The number of aromatic nitrogens is 1. The summed E-state index contributed by atoms with van der Waals surface area (Å²) in [7, 11) is 0. The van der Waals surface area contributed by atoms with Crippen LogP contribution in [0.15, 0.2) is 59.6 Å². The van der Waals surface area contributed by atoms with Gasteiger partial charge in [-0.05, 0) is 17.9 Å². The van der Waals surface area contributed by atoms with Gasteiger partial charge in [0.2, 0.25) is 6.41 Å². The summed E-state index contributed by atoms with van der Waals surface area (Å²) in [6.07, 6.45) is 1.30. The van der Waals surface area contributed by atoms with Crippen molar-refractivity contribution >= 4 is 29.0 Å². The minimum atomic E-state index is 0.0186. The highest BCUT2D eigenvalue weighted by atomic mass is 16.1. The minimum Gasteiger partial charge on any atom is -0.369 e. The fourth-order valence-electron chi connectivity index (χ4n) is 3.11. The number of carbonyl (C=O) groups is 1. The Morgan fingerprint density at radius 3 is 2.44 bits per heavy atom. The van der Waals surface area contributed by atoms with Crippen molar-refractivity contribution in [3.05, 3.63) is 60.2 Å². The monoisotopic (exact) mass is 360 g/mol. The number of hydrogen-bond donors (Lipinski definition) is 2. The van der Waals surface area contributed by atoms with Crippen molar-refractivity contribution in [2.75, 3.05) is 0 Å². The van der Waals surface area contributed by atoms with Crippen molar-refractivity contribution in [2.45, 2.75) is 27.2 Å². The van der Waals surface area contributed by atoms with Gasteiger partial charge in [0, 0.05) is 16.5 Å². The molecule has 0 aliphatic rings. The van der Waals surface area contributed by atoms with Gasteiger partial charge in [-0.2, -0.15) is 0 Å². The van der Waals surface area contributed by atoms with Gasteiger partial charge in [0.15, 0.2) is 5.96 Å². The molecule has 0 atom stereocenters. The van der Waals surface area contributed by atoms with Gasteiger partial charge >= 0.3 is 0 Å². The predicted octanol–water partition coefficient (Wildman–Crippen LogP) is 4.18. The molecular weight excluding hydrogens is 336 g/mol.